The number of amides is 1. The summed E-state index contributed by atoms with van der Waals surface area (Å²) < 4.78 is 94.3. The van der Waals surface area contributed by atoms with Gasteiger partial charge in [0.05, 0.1) is 42.1 Å². The van der Waals surface area contributed by atoms with Crippen molar-refractivity contribution in [2.45, 2.75) is 44.9 Å². The molecule has 1 aliphatic heterocycles. The number of carbonyl (C=O) groups excluding carboxylic acids is 1. The van der Waals surface area contributed by atoms with Crippen LogP contribution in [0, 0.1) is 6.92 Å². The van der Waals surface area contributed by atoms with E-state index in [9.17, 15) is 41.0 Å². The Labute approximate surface area is 285 Å². The lowest BCUT2D eigenvalue weighted by atomic mass is 9.96. The molecule has 1 saturated heterocycles. The number of nitrogens with zero attached hydrogens (tertiary/aromatic N) is 6. The van der Waals surface area contributed by atoms with Gasteiger partial charge in [-0.15, -0.1) is 0 Å². The maximum Gasteiger partial charge on any atom is 0.416 e. The van der Waals surface area contributed by atoms with Gasteiger partial charge in [0.15, 0.2) is 0 Å². The zero-order chi connectivity index (χ0) is 36.8. The average Bonchev–Trinajstić information content (AvgIpc) is 3.72. The molecule has 5 aromatic rings. The van der Waals surface area contributed by atoms with Crippen LogP contribution in [-0.4, -0.2) is 59.7 Å². The highest BCUT2D eigenvalue weighted by Crippen LogP contribution is 2.42. The van der Waals surface area contributed by atoms with E-state index < -0.39 is 53.3 Å². The Balaban J connectivity index is 1.43. The van der Waals surface area contributed by atoms with E-state index in [1.165, 1.54) is 55.7 Å². The Morgan fingerprint density at radius 2 is 1.67 bits per heavy atom. The molecule has 1 fully saturated rings. The number of hydrogen-bond donors (Lipinski definition) is 1. The number of carboxylic acids is 1. The quantitative estimate of drug-likeness (QED) is 0.162. The molecule has 0 radical (unpaired) electrons. The predicted octanol–water partition coefficient (Wildman–Crippen LogP) is 7.53. The third-order valence-corrected chi connectivity index (χ3v) is 8.36. The SMILES string of the molecule is COc1ncc(-c2ccc(C(=O)O)cc2C)cc1-c1cnc(-n2ccnc2)nc1CN1C(=O)OC(c2cc(C(F)(F)F)cc(C(F)(F)F)c2)C1C. The van der Waals surface area contributed by atoms with E-state index >= 15 is 0 Å². The van der Waals surface area contributed by atoms with Gasteiger partial charge in [-0.2, -0.15) is 26.3 Å². The van der Waals surface area contributed by atoms with E-state index in [0.29, 0.717) is 39.9 Å². The van der Waals surface area contributed by atoms with Gasteiger partial charge in [-0.05, 0) is 66.9 Å². The molecule has 264 valence electrons. The van der Waals surface area contributed by atoms with Gasteiger partial charge in [0.25, 0.3) is 0 Å². The summed E-state index contributed by atoms with van der Waals surface area (Å²) in [7, 11) is 1.38. The molecule has 2 aromatic carbocycles. The molecule has 51 heavy (non-hydrogen) atoms. The smallest absolute Gasteiger partial charge is 0.416 e. The number of rotatable bonds is 8. The van der Waals surface area contributed by atoms with Crippen LogP contribution in [-0.2, 0) is 23.6 Å². The lowest BCUT2D eigenvalue weighted by Crippen LogP contribution is -2.32. The van der Waals surface area contributed by atoms with Crippen LogP contribution in [0.4, 0.5) is 31.1 Å². The maximum absolute atomic E-state index is 13.6. The number of benzene rings is 2. The molecule has 0 spiro atoms. The van der Waals surface area contributed by atoms with Crippen LogP contribution in [0.2, 0.25) is 0 Å². The molecular weight excluding hydrogens is 686 g/mol. The predicted molar refractivity (Wildman–Crippen MR) is 167 cm³/mol. The fourth-order valence-electron chi connectivity index (χ4n) is 5.79. The highest BCUT2D eigenvalue weighted by Gasteiger charge is 2.43. The van der Waals surface area contributed by atoms with Crippen molar-refractivity contribution in [2.75, 3.05) is 7.11 Å². The lowest BCUT2D eigenvalue weighted by Gasteiger charge is -2.23. The van der Waals surface area contributed by atoms with E-state index in [0.717, 1.165) is 4.90 Å². The molecule has 0 saturated carbocycles. The van der Waals surface area contributed by atoms with Gasteiger partial charge in [0.1, 0.15) is 12.4 Å². The summed E-state index contributed by atoms with van der Waals surface area (Å²) in [6.07, 6.45) is -5.22. The zero-order valence-corrected chi connectivity index (χ0v) is 26.8. The minimum absolute atomic E-state index is 0.00502. The van der Waals surface area contributed by atoms with Crippen LogP contribution < -0.4 is 4.74 Å². The van der Waals surface area contributed by atoms with Gasteiger partial charge in [0, 0.05) is 41.5 Å². The first-order chi connectivity index (χ1) is 24.0. The van der Waals surface area contributed by atoms with Crippen LogP contribution in [0.5, 0.6) is 5.88 Å². The molecule has 0 bridgehead atoms. The van der Waals surface area contributed by atoms with Crippen LogP contribution in [0.3, 0.4) is 0 Å². The fourth-order valence-corrected chi connectivity index (χ4v) is 5.79. The number of alkyl halides is 6. The monoisotopic (exact) mass is 712 g/mol. The number of methoxy groups -OCH3 is 1. The number of carbonyl (C=O) groups is 2. The van der Waals surface area contributed by atoms with Crippen molar-refractivity contribution in [1.82, 2.24) is 29.4 Å². The molecule has 1 N–H and O–H groups in total. The van der Waals surface area contributed by atoms with Gasteiger partial charge < -0.3 is 14.6 Å². The zero-order valence-electron chi connectivity index (χ0n) is 26.8. The first kappa shape index (κ1) is 34.8. The summed E-state index contributed by atoms with van der Waals surface area (Å²) in [6, 6.07) is 6.32. The van der Waals surface area contributed by atoms with Crippen LogP contribution in [0.25, 0.3) is 28.2 Å². The minimum atomic E-state index is -5.10. The van der Waals surface area contributed by atoms with Crippen LogP contribution in [0.15, 0.2) is 73.6 Å². The highest BCUT2D eigenvalue weighted by atomic mass is 19.4. The summed E-state index contributed by atoms with van der Waals surface area (Å²) >= 11 is 0. The molecule has 1 aliphatic rings. The Morgan fingerprint density at radius 3 is 2.25 bits per heavy atom. The van der Waals surface area contributed by atoms with Crippen LogP contribution in [0.1, 0.15) is 51.3 Å². The van der Waals surface area contributed by atoms with Crippen molar-refractivity contribution in [3.05, 3.63) is 107 Å². The normalized spacial score (nSPS) is 16.3. The summed E-state index contributed by atoms with van der Waals surface area (Å²) in [5.74, 6) is -0.819. The maximum atomic E-state index is 13.6. The number of hydrogen-bond acceptors (Lipinski definition) is 8. The standard InChI is InChI=1S/C34H26F6N6O5/c1-17-8-19(30(47)48)4-5-24(17)21-11-25(29(50-3)42-13-21)26-14-43-31(45-7-6-41-16-45)44-27(26)15-46-18(2)28(51-32(46)49)20-9-22(33(35,36)37)12-23(10-20)34(38,39)40/h4-14,16,18,28H,15H2,1-3H3,(H,47,48). The van der Waals surface area contributed by atoms with Gasteiger partial charge in [-0.3, -0.25) is 9.47 Å². The number of pyridine rings is 1. The van der Waals surface area contributed by atoms with Gasteiger partial charge in [0.2, 0.25) is 11.8 Å². The molecule has 4 heterocycles. The van der Waals surface area contributed by atoms with E-state index in [4.69, 9.17) is 9.47 Å². The minimum Gasteiger partial charge on any atom is -0.481 e. The number of ether oxygens (including phenoxy) is 2. The third-order valence-electron chi connectivity index (χ3n) is 8.36. The Morgan fingerprint density at radius 1 is 0.961 bits per heavy atom. The molecule has 6 rings (SSSR count). The number of carboxylic acid groups (broad SMARTS) is 1. The summed E-state index contributed by atoms with van der Waals surface area (Å²) in [5, 5.41) is 9.40. The van der Waals surface area contributed by atoms with Crippen LogP contribution >= 0.6 is 0 Å². The van der Waals surface area contributed by atoms with Gasteiger partial charge >= 0.3 is 24.4 Å². The topological polar surface area (TPSA) is 133 Å². The second-order valence-corrected chi connectivity index (χ2v) is 11.6. The Hall–Kier alpha value is -6.00. The van der Waals surface area contributed by atoms with Gasteiger partial charge in [-0.1, -0.05) is 6.07 Å². The highest BCUT2D eigenvalue weighted by molar-refractivity contribution is 5.89. The molecular formula is C34H26F6N6O5. The number of imidazole rings is 1. The molecule has 1 amide bonds. The van der Waals surface area contributed by atoms with Crippen molar-refractivity contribution >= 4 is 12.1 Å². The Kier molecular flexibility index (Phi) is 8.91. The number of aromatic nitrogens is 5. The average molecular weight is 713 g/mol. The third kappa shape index (κ3) is 6.91. The molecule has 11 nitrogen and oxygen atoms in total. The van der Waals surface area contributed by atoms with Crippen molar-refractivity contribution in [3.63, 3.8) is 0 Å². The number of aromatic carboxylic acids is 1. The Bertz CT molecular complexity index is 2110. The summed E-state index contributed by atoms with van der Waals surface area (Å²) in [5.41, 5.74) is -0.694. The first-order valence-electron chi connectivity index (χ1n) is 15.0. The van der Waals surface area contributed by atoms with Crippen molar-refractivity contribution < 1.29 is 50.5 Å². The number of halogens is 6. The van der Waals surface area contributed by atoms with E-state index in [-0.39, 0.29) is 35.7 Å². The first-order valence-corrected chi connectivity index (χ1v) is 15.0. The molecule has 2 unspecified atom stereocenters. The molecule has 0 aliphatic carbocycles. The molecule has 3 aromatic heterocycles. The van der Waals surface area contributed by atoms with E-state index in [1.807, 2.05) is 0 Å². The molecule has 2 atom stereocenters. The number of aryl methyl sites for hydroxylation is 1. The number of cyclic esters (lactones) is 1. The van der Waals surface area contributed by atoms with Crippen molar-refractivity contribution in [2.24, 2.45) is 0 Å². The largest absolute Gasteiger partial charge is 0.481 e. The fraction of sp³-hybridized carbons (Fsp3) is 0.235. The summed E-state index contributed by atoms with van der Waals surface area (Å²) in [4.78, 5) is 43.5. The lowest BCUT2D eigenvalue weighted by molar-refractivity contribution is -0.143. The second kappa shape index (κ2) is 13.0. The van der Waals surface area contributed by atoms with E-state index in [2.05, 4.69) is 19.9 Å². The second-order valence-electron chi connectivity index (χ2n) is 11.6. The summed E-state index contributed by atoms with van der Waals surface area (Å²) in [6.45, 7) is 2.85. The van der Waals surface area contributed by atoms with Crippen molar-refractivity contribution in [1.29, 1.82) is 0 Å². The van der Waals surface area contributed by atoms with Gasteiger partial charge in [-0.25, -0.2) is 29.5 Å². The molecule has 17 heteroatoms. The van der Waals surface area contributed by atoms with E-state index in [1.54, 1.807) is 25.3 Å². The van der Waals surface area contributed by atoms with Crippen molar-refractivity contribution in [3.8, 4) is 34.1 Å².